The summed E-state index contributed by atoms with van der Waals surface area (Å²) in [4.78, 5) is 11.6. The van der Waals surface area contributed by atoms with Crippen molar-refractivity contribution in [1.82, 2.24) is 9.78 Å². The topological polar surface area (TPSA) is 46.9 Å². The first-order chi connectivity index (χ1) is 7.29. The van der Waals surface area contributed by atoms with Crippen LogP contribution in [0.4, 0.5) is 5.69 Å². The molecule has 1 heterocycles. The molecule has 0 spiro atoms. The summed E-state index contributed by atoms with van der Waals surface area (Å²) >= 11 is 0. The predicted octanol–water partition coefficient (Wildman–Crippen LogP) is 1.48. The van der Waals surface area contributed by atoms with Gasteiger partial charge in [0.1, 0.15) is 0 Å². The van der Waals surface area contributed by atoms with Gasteiger partial charge in [-0.2, -0.15) is 5.10 Å². The fourth-order valence-corrected chi connectivity index (χ4v) is 2.14. The Labute approximate surface area is 89.3 Å². The first-order valence-electron chi connectivity index (χ1n) is 5.54. The zero-order chi connectivity index (χ0) is 10.7. The van der Waals surface area contributed by atoms with Gasteiger partial charge in [0.2, 0.25) is 0 Å². The number of nitrogens with one attached hydrogen (secondary N) is 1. The summed E-state index contributed by atoms with van der Waals surface area (Å²) in [5.74, 6) is 0.649. The van der Waals surface area contributed by atoms with Crippen LogP contribution < -0.4 is 10.9 Å². The van der Waals surface area contributed by atoms with Crippen LogP contribution in [0, 0.1) is 5.92 Å². The van der Waals surface area contributed by atoms with Crippen LogP contribution in [0.2, 0.25) is 0 Å². The SMILES string of the molecule is CNc1cnn(CC2CCCC2)c(=O)c1. The molecule has 0 saturated heterocycles. The molecule has 1 saturated carbocycles. The van der Waals surface area contributed by atoms with E-state index in [4.69, 9.17) is 0 Å². The highest BCUT2D eigenvalue weighted by Crippen LogP contribution is 2.25. The normalized spacial score (nSPS) is 16.9. The number of hydrogen-bond acceptors (Lipinski definition) is 3. The van der Waals surface area contributed by atoms with E-state index in [9.17, 15) is 4.79 Å². The monoisotopic (exact) mass is 207 g/mol. The first-order valence-corrected chi connectivity index (χ1v) is 5.54. The Balaban J connectivity index is 2.11. The molecular weight excluding hydrogens is 190 g/mol. The second-order valence-electron chi connectivity index (χ2n) is 4.17. The Bertz CT molecular complexity index is 380. The molecule has 0 atom stereocenters. The summed E-state index contributed by atoms with van der Waals surface area (Å²) in [6.07, 6.45) is 6.78. The predicted molar refractivity (Wildman–Crippen MR) is 60.0 cm³/mol. The number of aromatic nitrogens is 2. The van der Waals surface area contributed by atoms with Gasteiger partial charge in [-0.05, 0) is 18.8 Å². The van der Waals surface area contributed by atoms with E-state index >= 15 is 0 Å². The van der Waals surface area contributed by atoms with Gasteiger partial charge in [-0.25, -0.2) is 4.68 Å². The van der Waals surface area contributed by atoms with Crippen molar-refractivity contribution in [2.75, 3.05) is 12.4 Å². The van der Waals surface area contributed by atoms with Crippen molar-refractivity contribution < 1.29 is 0 Å². The quantitative estimate of drug-likeness (QED) is 0.816. The zero-order valence-corrected chi connectivity index (χ0v) is 9.07. The molecule has 1 fully saturated rings. The minimum atomic E-state index is -0.00579. The van der Waals surface area contributed by atoms with Crippen molar-refractivity contribution in [3.63, 3.8) is 0 Å². The van der Waals surface area contributed by atoms with Crippen LogP contribution in [0.15, 0.2) is 17.1 Å². The lowest BCUT2D eigenvalue weighted by atomic mass is 10.1. The minimum absolute atomic E-state index is 0.00579. The van der Waals surface area contributed by atoms with Gasteiger partial charge >= 0.3 is 0 Å². The van der Waals surface area contributed by atoms with Crippen molar-refractivity contribution in [2.45, 2.75) is 32.2 Å². The molecule has 82 valence electrons. The van der Waals surface area contributed by atoms with E-state index in [1.807, 2.05) is 0 Å². The van der Waals surface area contributed by atoms with Gasteiger partial charge in [-0.1, -0.05) is 12.8 Å². The molecule has 1 N–H and O–H groups in total. The van der Waals surface area contributed by atoms with Gasteiger partial charge in [0.25, 0.3) is 5.56 Å². The third kappa shape index (κ3) is 2.37. The van der Waals surface area contributed by atoms with Crippen molar-refractivity contribution in [2.24, 2.45) is 5.92 Å². The molecule has 1 aliphatic carbocycles. The minimum Gasteiger partial charge on any atom is -0.387 e. The highest BCUT2D eigenvalue weighted by atomic mass is 16.1. The summed E-state index contributed by atoms with van der Waals surface area (Å²) in [6.45, 7) is 0.781. The van der Waals surface area contributed by atoms with E-state index in [-0.39, 0.29) is 5.56 Å². The van der Waals surface area contributed by atoms with E-state index in [2.05, 4.69) is 10.4 Å². The van der Waals surface area contributed by atoms with Gasteiger partial charge in [0.15, 0.2) is 0 Å². The average molecular weight is 207 g/mol. The Kier molecular flexibility index (Phi) is 3.04. The third-order valence-electron chi connectivity index (χ3n) is 3.06. The molecule has 2 rings (SSSR count). The van der Waals surface area contributed by atoms with E-state index in [0.717, 1.165) is 12.2 Å². The highest BCUT2D eigenvalue weighted by molar-refractivity contribution is 5.37. The molecule has 0 amide bonds. The van der Waals surface area contributed by atoms with E-state index in [1.54, 1.807) is 24.0 Å². The molecule has 1 aliphatic rings. The lowest BCUT2D eigenvalue weighted by Crippen LogP contribution is -2.25. The molecule has 15 heavy (non-hydrogen) atoms. The lowest BCUT2D eigenvalue weighted by Gasteiger charge is -2.10. The molecule has 0 aliphatic heterocycles. The Morgan fingerprint density at radius 1 is 1.53 bits per heavy atom. The van der Waals surface area contributed by atoms with Crippen LogP contribution in [0.1, 0.15) is 25.7 Å². The standard InChI is InChI=1S/C11H17N3O/c1-12-10-6-11(15)14(13-7-10)8-9-4-2-3-5-9/h6-7,9,12H,2-5,8H2,1H3. The van der Waals surface area contributed by atoms with Crippen LogP contribution in [0.3, 0.4) is 0 Å². The molecule has 0 aromatic carbocycles. The fourth-order valence-electron chi connectivity index (χ4n) is 2.14. The largest absolute Gasteiger partial charge is 0.387 e. The molecule has 1 aromatic rings. The smallest absolute Gasteiger partial charge is 0.268 e. The summed E-state index contributed by atoms with van der Waals surface area (Å²) in [5, 5.41) is 7.07. The third-order valence-corrected chi connectivity index (χ3v) is 3.06. The summed E-state index contributed by atoms with van der Waals surface area (Å²) in [7, 11) is 1.79. The maximum atomic E-state index is 11.6. The van der Waals surface area contributed by atoms with Crippen molar-refractivity contribution in [1.29, 1.82) is 0 Å². The van der Waals surface area contributed by atoms with E-state index in [0.29, 0.717) is 5.92 Å². The van der Waals surface area contributed by atoms with Gasteiger partial charge in [-0.3, -0.25) is 4.79 Å². The van der Waals surface area contributed by atoms with Crippen LogP contribution >= 0.6 is 0 Å². The summed E-state index contributed by atoms with van der Waals surface area (Å²) in [5.41, 5.74) is 0.774. The van der Waals surface area contributed by atoms with Crippen LogP contribution in [-0.2, 0) is 6.54 Å². The number of anilines is 1. The van der Waals surface area contributed by atoms with E-state index in [1.165, 1.54) is 25.7 Å². The summed E-state index contributed by atoms with van der Waals surface area (Å²) in [6, 6.07) is 1.60. The molecule has 1 aromatic heterocycles. The van der Waals surface area contributed by atoms with Gasteiger partial charge in [0, 0.05) is 19.7 Å². The Morgan fingerprint density at radius 3 is 2.87 bits per heavy atom. The number of rotatable bonds is 3. The molecule has 4 heteroatoms. The first kappa shape index (κ1) is 10.2. The van der Waals surface area contributed by atoms with Crippen molar-refractivity contribution in [3.05, 3.63) is 22.6 Å². The lowest BCUT2D eigenvalue weighted by molar-refractivity contribution is 0.415. The second-order valence-corrected chi connectivity index (χ2v) is 4.17. The second kappa shape index (κ2) is 4.47. The zero-order valence-electron chi connectivity index (χ0n) is 9.07. The fraction of sp³-hybridized carbons (Fsp3) is 0.636. The van der Waals surface area contributed by atoms with Gasteiger partial charge in [0.05, 0.1) is 11.9 Å². The molecule has 0 bridgehead atoms. The number of nitrogens with zero attached hydrogens (tertiary/aromatic N) is 2. The molecular formula is C11H17N3O. The molecule has 4 nitrogen and oxygen atoms in total. The van der Waals surface area contributed by atoms with Gasteiger partial charge < -0.3 is 5.32 Å². The number of hydrogen-bond donors (Lipinski definition) is 1. The summed E-state index contributed by atoms with van der Waals surface area (Å²) < 4.78 is 1.58. The Morgan fingerprint density at radius 2 is 2.27 bits per heavy atom. The van der Waals surface area contributed by atoms with E-state index < -0.39 is 0 Å². The van der Waals surface area contributed by atoms with Crippen LogP contribution in [-0.4, -0.2) is 16.8 Å². The maximum absolute atomic E-state index is 11.6. The Hall–Kier alpha value is -1.32. The van der Waals surface area contributed by atoms with Crippen molar-refractivity contribution >= 4 is 5.69 Å². The van der Waals surface area contributed by atoms with Crippen LogP contribution in [0.25, 0.3) is 0 Å². The molecule has 0 radical (unpaired) electrons. The molecule has 0 unspecified atom stereocenters. The average Bonchev–Trinajstić information content (AvgIpc) is 2.74. The van der Waals surface area contributed by atoms with Crippen molar-refractivity contribution in [3.8, 4) is 0 Å². The van der Waals surface area contributed by atoms with Gasteiger partial charge in [-0.15, -0.1) is 0 Å². The van der Waals surface area contributed by atoms with Crippen LogP contribution in [0.5, 0.6) is 0 Å². The maximum Gasteiger partial charge on any atom is 0.268 e. The highest BCUT2D eigenvalue weighted by Gasteiger charge is 2.16.